The fourth-order valence-corrected chi connectivity index (χ4v) is 4.44. The highest BCUT2D eigenvalue weighted by molar-refractivity contribution is 6.01. The summed E-state index contributed by atoms with van der Waals surface area (Å²) in [6, 6.07) is 18.3. The Kier molecular flexibility index (Phi) is 8.44. The average Bonchev–Trinajstić information content (AvgIpc) is 2.91. The maximum absolute atomic E-state index is 13.6. The van der Waals surface area contributed by atoms with E-state index < -0.39 is 11.9 Å². The van der Waals surface area contributed by atoms with E-state index in [1.54, 1.807) is 41.3 Å². The van der Waals surface area contributed by atoms with E-state index in [2.05, 4.69) is 21.7 Å². The normalized spacial score (nSPS) is 15.2. The first-order valence-electron chi connectivity index (χ1n) is 12.3. The Balaban J connectivity index is 1.59. The van der Waals surface area contributed by atoms with Gasteiger partial charge in [-0.2, -0.15) is 5.26 Å². The Bertz CT molecular complexity index is 1320. The topological polar surface area (TPSA) is 124 Å². The van der Waals surface area contributed by atoms with Gasteiger partial charge in [-0.05, 0) is 55.2 Å². The van der Waals surface area contributed by atoms with Crippen LogP contribution in [0.1, 0.15) is 34.3 Å². The molecule has 1 aromatic heterocycles. The molecule has 4 N–H and O–H groups in total. The van der Waals surface area contributed by atoms with Crippen LogP contribution in [0.2, 0.25) is 0 Å². The fraction of sp³-hybridized carbons (Fsp3) is 0.286. The van der Waals surface area contributed by atoms with Crippen LogP contribution in [0.3, 0.4) is 0 Å². The number of halogens is 1. The van der Waals surface area contributed by atoms with Crippen molar-refractivity contribution in [1.29, 1.82) is 5.26 Å². The second kappa shape index (κ2) is 12.1. The van der Waals surface area contributed by atoms with Crippen LogP contribution in [0, 0.1) is 17.1 Å². The van der Waals surface area contributed by atoms with E-state index in [4.69, 9.17) is 5.73 Å². The van der Waals surface area contributed by atoms with Crippen LogP contribution in [-0.4, -0.2) is 53.9 Å². The summed E-state index contributed by atoms with van der Waals surface area (Å²) in [4.78, 5) is 32.4. The number of benzene rings is 2. The van der Waals surface area contributed by atoms with Gasteiger partial charge in [0.1, 0.15) is 17.7 Å². The summed E-state index contributed by atoms with van der Waals surface area (Å²) in [6.45, 7) is 1.84. The highest BCUT2D eigenvalue weighted by atomic mass is 19.1. The van der Waals surface area contributed by atoms with Crippen molar-refractivity contribution in [3.8, 4) is 17.3 Å². The van der Waals surface area contributed by atoms with Crippen LogP contribution in [0.4, 0.5) is 10.2 Å². The molecule has 0 spiro atoms. The molecule has 2 amide bonds. The third-order valence-electron chi connectivity index (χ3n) is 6.29. The van der Waals surface area contributed by atoms with E-state index in [1.807, 2.05) is 12.1 Å². The zero-order valence-corrected chi connectivity index (χ0v) is 20.4. The lowest BCUT2D eigenvalue weighted by molar-refractivity contribution is -0.135. The zero-order chi connectivity index (χ0) is 26.2. The number of hydrogen-bond acceptors (Lipinski definition) is 6. The number of nitriles is 1. The third-order valence-corrected chi connectivity index (χ3v) is 6.29. The molecule has 2 aromatic carbocycles. The minimum Gasteiger partial charge on any atom is -0.369 e. The monoisotopic (exact) mass is 500 g/mol. The molecule has 1 fully saturated rings. The Labute approximate surface area is 215 Å². The summed E-state index contributed by atoms with van der Waals surface area (Å²) < 4.78 is 13.6. The number of piperidine rings is 1. The summed E-state index contributed by atoms with van der Waals surface area (Å²) in [5.41, 5.74) is 8.34. The molecule has 4 rings (SSSR count). The van der Waals surface area contributed by atoms with E-state index >= 15 is 0 Å². The number of rotatable bonds is 9. The van der Waals surface area contributed by atoms with Crippen molar-refractivity contribution in [3.05, 3.63) is 83.2 Å². The number of nitrogens with two attached hydrogens (primary N) is 1. The van der Waals surface area contributed by atoms with Crippen molar-refractivity contribution in [3.63, 3.8) is 0 Å². The van der Waals surface area contributed by atoms with Crippen molar-refractivity contribution < 1.29 is 14.0 Å². The first-order chi connectivity index (χ1) is 18.0. The molecule has 1 saturated heterocycles. The summed E-state index contributed by atoms with van der Waals surface area (Å²) in [7, 11) is 0. The van der Waals surface area contributed by atoms with Crippen molar-refractivity contribution in [2.75, 3.05) is 31.5 Å². The second-order valence-electron chi connectivity index (χ2n) is 8.84. The number of nitrogens with one attached hydrogen (secondary N) is 2. The van der Waals surface area contributed by atoms with Crippen LogP contribution in [0.15, 0.2) is 60.7 Å². The summed E-state index contributed by atoms with van der Waals surface area (Å²) in [5, 5.41) is 15.6. The number of likely N-dealkylation sites (tertiary alicyclic amines) is 1. The van der Waals surface area contributed by atoms with E-state index in [9.17, 15) is 19.2 Å². The number of nitrogens with zero attached hydrogens (tertiary/aromatic N) is 3. The molecule has 37 heavy (non-hydrogen) atoms. The van der Waals surface area contributed by atoms with Gasteiger partial charge in [0.05, 0.1) is 22.9 Å². The highest BCUT2D eigenvalue weighted by Crippen LogP contribution is 2.25. The van der Waals surface area contributed by atoms with Crippen molar-refractivity contribution in [1.82, 2.24) is 15.2 Å². The van der Waals surface area contributed by atoms with Gasteiger partial charge in [0, 0.05) is 31.7 Å². The van der Waals surface area contributed by atoms with Gasteiger partial charge in [0.2, 0.25) is 5.91 Å². The number of amides is 2. The van der Waals surface area contributed by atoms with Gasteiger partial charge in [0.25, 0.3) is 5.91 Å². The predicted octanol–water partition coefficient (Wildman–Crippen LogP) is 3.09. The fourth-order valence-electron chi connectivity index (χ4n) is 4.44. The first kappa shape index (κ1) is 25.8. The Morgan fingerprint density at radius 3 is 2.81 bits per heavy atom. The van der Waals surface area contributed by atoms with Gasteiger partial charge in [-0.3, -0.25) is 9.59 Å². The maximum atomic E-state index is 13.6. The van der Waals surface area contributed by atoms with Crippen molar-refractivity contribution in [2.45, 2.75) is 25.3 Å². The first-order valence-corrected chi connectivity index (χ1v) is 12.3. The second-order valence-corrected chi connectivity index (χ2v) is 8.84. The van der Waals surface area contributed by atoms with Crippen molar-refractivity contribution >= 4 is 17.6 Å². The average molecular weight is 501 g/mol. The van der Waals surface area contributed by atoms with Gasteiger partial charge >= 0.3 is 0 Å². The lowest BCUT2D eigenvalue weighted by Gasteiger charge is -2.32. The number of hydrogen-bond donors (Lipinski definition) is 3. The molecule has 0 radical (unpaired) electrons. The molecule has 3 aromatic rings. The summed E-state index contributed by atoms with van der Waals surface area (Å²) >= 11 is 0. The maximum Gasteiger partial charge on any atom is 0.255 e. The molecule has 190 valence electrons. The van der Waals surface area contributed by atoms with E-state index in [0.29, 0.717) is 61.7 Å². The highest BCUT2D eigenvalue weighted by Gasteiger charge is 2.30. The summed E-state index contributed by atoms with van der Waals surface area (Å²) in [6.07, 6.45) is 1.83. The van der Waals surface area contributed by atoms with Crippen LogP contribution in [-0.2, 0) is 11.2 Å². The molecule has 1 atom stereocenters. The lowest BCUT2D eigenvalue weighted by Crippen LogP contribution is -2.53. The van der Waals surface area contributed by atoms with E-state index in [1.165, 1.54) is 12.1 Å². The molecular weight excluding hydrogens is 471 g/mol. The Morgan fingerprint density at radius 2 is 2.03 bits per heavy atom. The zero-order valence-electron chi connectivity index (χ0n) is 20.4. The molecule has 8 nitrogen and oxygen atoms in total. The quantitative estimate of drug-likeness (QED) is 0.415. The van der Waals surface area contributed by atoms with Gasteiger partial charge in [-0.25, -0.2) is 9.37 Å². The molecule has 1 aliphatic heterocycles. The number of anilines is 1. The molecule has 0 unspecified atom stereocenters. The largest absolute Gasteiger partial charge is 0.369 e. The van der Waals surface area contributed by atoms with Crippen LogP contribution >= 0.6 is 0 Å². The minimum atomic E-state index is -0.632. The molecule has 0 saturated carbocycles. The van der Waals surface area contributed by atoms with Gasteiger partial charge in [0.15, 0.2) is 0 Å². The predicted molar refractivity (Wildman–Crippen MR) is 139 cm³/mol. The molecule has 1 aliphatic rings. The van der Waals surface area contributed by atoms with Crippen LogP contribution in [0.25, 0.3) is 11.3 Å². The standard InChI is InChI=1S/C28H29FN6O2/c29-21-7-3-5-19(17-21)12-14-32-26-23(10-11-24(33-26)22-8-2-1-6-20(22)18-31)27(36)34-25-9-4-15-35(16-13-30)28(25)37/h1-3,5-8,10-11,17,25H,4,9,12-16,30H2,(H,32,33)(H,34,36)/t25-/m0/s1. The van der Waals surface area contributed by atoms with Gasteiger partial charge < -0.3 is 21.3 Å². The van der Waals surface area contributed by atoms with Crippen LogP contribution < -0.4 is 16.4 Å². The van der Waals surface area contributed by atoms with E-state index in [-0.39, 0.29) is 17.3 Å². The number of pyridine rings is 1. The molecule has 2 heterocycles. The SMILES string of the molecule is N#Cc1ccccc1-c1ccc(C(=O)N[C@H]2CCCN(CCN)C2=O)c(NCCc2cccc(F)c2)n1. The van der Waals surface area contributed by atoms with E-state index in [0.717, 1.165) is 12.0 Å². The lowest BCUT2D eigenvalue weighted by atomic mass is 10.0. The summed E-state index contributed by atoms with van der Waals surface area (Å²) in [5.74, 6) is -0.556. The van der Waals surface area contributed by atoms with Crippen LogP contribution in [0.5, 0.6) is 0 Å². The number of carbonyl (C=O) groups is 2. The number of carbonyl (C=O) groups excluding carboxylic acids is 2. The Morgan fingerprint density at radius 1 is 1.19 bits per heavy atom. The molecular formula is C28H29FN6O2. The minimum absolute atomic E-state index is 0.141. The molecule has 0 bridgehead atoms. The number of aromatic nitrogens is 1. The van der Waals surface area contributed by atoms with Crippen molar-refractivity contribution in [2.24, 2.45) is 5.73 Å². The molecule has 0 aliphatic carbocycles. The molecule has 9 heteroatoms. The van der Waals surface area contributed by atoms with Gasteiger partial charge in [-0.1, -0.05) is 30.3 Å². The Hall–Kier alpha value is -4.29. The third kappa shape index (κ3) is 6.29. The van der Waals surface area contributed by atoms with Gasteiger partial charge in [-0.15, -0.1) is 0 Å². The smallest absolute Gasteiger partial charge is 0.255 e.